The van der Waals surface area contributed by atoms with Crippen LogP contribution in [0.5, 0.6) is 0 Å². The monoisotopic (exact) mass is 346 g/mol. The third kappa shape index (κ3) is 4.89. The van der Waals surface area contributed by atoms with Crippen LogP contribution in [-0.4, -0.2) is 27.5 Å². The van der Waals surface area contributed by atoms with Gasteiger partial charge in [-0.05, 0) is 0 Å². The number of hydrogen-bond donors (Lipinski definition) is 0. The summed E-state index contributed by atoms with van der Waals surface area (Å²) in [6.07, 6.45) is 1.93. The van der Waals surface area contributed by atoms with Gasteiger partial charge in [-0.25, -0.2) is 0 Å². The fourth-order valence-corrected chi connectivity index (χ4v) is 3.62. The molecule has 0 heterocycles. The molecule has 0 aliphatic carbocycles. The van der Waals surface area contributed by atoms with E-state index in [4.69, 9.17) is 4.74 Å². The van der Waals surface area contributed by atoms with Crippen molar-refractivity contribution in [1.82, 2.24) is 0 Å². The Kier molecular flexibility index (Phi) is 5.79. The Bertz CT molecular complexity index is 615. The molecule has 2 rings (SSSR count). The number of carbonyl (C=O) groups is 1. The van der Waals surface area contributed by atoms with Crippen LogP contribution in [0, 0.1) is 6.92 Å². The van der Waals surface area contributed by atoms with Crippen molar-refractivity contribution in [2.75, 3.05) is 6.61 Å². The number of benzene rings is 2. The second kappa shape index (κ2) is 7.82. The minimum atomic E-state index is -0.220. The number of rotatable bonds is 5. The van der Waals surface area contributed by atoms with Crippen molar-refractivity contribution in [1.29, 1.82) is 0 Å². The third-order valence-electron chi connectivity index (χ3n) is 2.82. The molecular formula is C18H18O2Se. The third-order valence-corrected chi connectivity index (χ3v) is 4.95. The Labute approximate surface area is 132 Å². The van der Waals surface area contributed by atoms with Crippen LogP contribution < -0.4 is 4.46 Å². The first-order valence-electron chi connectivity index (χ1n) is 6.87. The Morgan fingerprint density at radius 2 is 1.76 bits per heavy atom. The predicted molar refractivity (Wildman–Crippen MR) is 87.6 cm³/mol. The van der Waals surface area contributed by atoms with Gasteiger partial charge in [-0.15, -0.1) is 0 Å². The van der Waals surface area contributed by atoms with Crippen LogP contribution in [0.4, 0.5) is 0 Å². The van der Waals surface area contributed by atoms with Crippen LogP contribution in [-0.2, 0) is 9.53 Å². The molecule has 21 heavy (non-hydrogen) atoms. The summed E-state index contributed by atoms with van der Waals surface area (Å²) < 4.78 is 7.08. The molecule has 0 atom stereocenters. The summed E-state index contributed by atoms with van der Waals surface area (Å²) in [6, 6.07) is 18.2. The van der Waals surface area contributed by atoms with E-state index < -0.39 is 0 Å². The van der Waals surface area contributed by atoms with Crippen LogP contribution in [0.2, 0.25) is 0 Å². The van der Waals surface area contributed by atoms with Gasteiger partial charge >= 0.3 is 132 Å². The van der Waals surface area contributed by atoms with Crippen LogP contribution in [0.15, 0.2) is 59.1 Å². The van der Waals surface area contributed by atoms with Gasteiger partial charge in [-0.3, -0.25) is 0 Å². The van der Waals surface area contributed by atoms with E-state index in [0.717, 1.165) is 14.5 Å². The summed E-state index contributed by atoms with van der Waals surface area (Å²) >= 11 is -0.0571. The summed E-state index contributed by atoms with van der Waals surface area (Å²) in [5.41, 5.74) is 2.24. The van der Waals surface area contributed by atoms with Gasteiger partial charge in [0.05, 0.1) is 0 Å². The quantitative estimate of drug-likeness (QED) is 0.473. The van der Waals surface area contributed by atoms with Crippen molar-refractivity contribution in [2.24, 2.45) is 0 Å². The maximum absolute atomic E-state index is 12.1. The summed E-state index contributed by atoms with van der Waals surface area (Å²) in [7, 11) is 0. The molecule has 2 nitrogen and oxygen atoms in total. The molecule has 0 bridgehead atoms. The molecule has 0 radical (unpaired) electrons. The van der Waals surface area contributed by atoms with Crippen molar-refractivity contribution < 1.29 is 9.53 Å². The number of esters is 1. The van der Waals surface area contributed by atoms with E-state index >= 15 is 0 Å². The van der Waals surface area contributed by atoms with Gasteiger partial charge < -0.3 is 0 Å². The van der Waals surface area contributed by atoms with E-state index in [0.29, 0.717) is 6.61 Å². The van der Waals surface area contributed by atoms with E-state index in [9.17, 15) is 4.79 Å². The average Bonchev–Trinajstić information content (AvgIpc) is 2.50. The first-order valence-corrected chi connectivity index (χ1v) is 8.58. The molecule has 0 amide bonds. The maximum atomic E-state index is 12.1. The first-order chi connectivity index (χ1) is 10.2. The zero-order valence-electron chi connectivity index (χ0n) is 12.2. The molecule has 0 saturated carbocycles. The zero-order valence-corrected chi connectivity index (χ0v) is 13.9. The number of ether oxygens (including phenoxy) is 1. The standard InChI is InChI=1S/C18H18O2Se/c1-3-20-18(19)17(21-16-7-5-4-6-8-16)13-15-11-9-14(2)10-12-15/h4-13H,3H2,1-2H3/b17-13+. The molecular weight excluding hydrogens is 327 g/mol. The molecule has 0 fully saturated rings. The number of hydrogen-bond acceptors (Lipinski definition) is 2. The number of carbonyl (C=O) groups excluding carboxylic acids is 1. The van der Waals surface area contributed by atoms with E-state index in [2.05, 4.69) is 0 Å². The topological polar surface area (TPSA) is 26.3 Å². The van der Waals surface area contributed by atoms with Gasteiger partial charge in [0.1, 0.15) is 0 Å². The normalized spacial score (nSPS) is 11.2. The fraction of sp³-hybridized carbons (Fsp3) is 0.167. The Morgan fingerprint density at radius 3 is 2.38 bits per heavy atom. The summed E-state index contributed by atoms with van der Waals surface area (Å²) in [5, 5.41) is 0. The molecule has 0 unspecified atom stereocenters. The van der Waals surface area contributed by atoms with E-state index in [-0.39, 0.29) is 20.9 Å². The van der Waals surface area contributed by atoms with Crippen molar-refractivity contribution >= 4 is 31.5 Å². The van der Waals surface area contributed by atoms with Crippen molar-refractivity contribution in [3.05, 3.63) is 70.2 Å². The summed E-state index contributed by atoms with van der Waals surface area (Å²) in [5.74, 6) is -0.220. The summed E-state index contributed by atoms with van der Waals surface area (Å²) in [4.78, 5) is 12.1. The Hall–Kier alpha value is -1.83. The molecule has 2 aromatic rings. The molecule has 0 spiro atoms. The molecule has 108 valence electrons. The second-order valence-electron chi connectivity index (χ2n) is 4.55. The second-order valence-corrected chi connectivity index (χ2v) is 6.89. The van der Waals surface area contributed by atoms with Crippen LogP contribution in [0.25, 0.3) is 6.08 Å². The van der Waals surface area contributed by atoms with Crippen LogP contribution in [0.3, 0.4) is 0 Å². The Balaban J connectivity index is 2.27. The minimum absolute atomic E-state index is 0.0571. The van der Waals surface area contributed by atoms with Gasteiger partial charge in [-0.2, -0.15) is 0 Å². The zero-order chi connectivity index (χ0) is 15.1. The average molecular weight is 345 g/mol. The van der Waals surface area contributed by atoms with Crippen molar-refractivity contribution in [2.45, 2.75) is 13.8 Å². The molecule has 0 N–H and O–H groups in total. The van der Waals surface area contributed by atoms with Gasteiger partial charge in [0.2, 0.25) is 0 Å². The molecule has 0 saturated heterocycles. The fourth-order valence-electron chi connectivity index (χ4n) is 1.76. The Morgan fingerprint density at radius 1 is 1.10 bits per heavy atom. The molecule has 0 aliphatic rings. The van der Waals surface area contributed by atoms with E-state index in [1.54, 1.807) is 0 Å². The predicted octanol–water partition coefficient (Wildman–Crippen LogP) is 2.93. The molecule has 3 heteroatoms. The van der Waals surface area contributed by atoms with Gasteiger partial charge in [0.25, 0.3) is 0 Å². The van der Waals surface area contributed by atoms with Gasteiger partial charge in [0.15, 0.2) is 0 Å². The van der Waals surface area contributed by atoms with E-state index in [1.807, 2.05) is 74.5 Å². The van der Waals surface area contributed by atoms with Gasteiger partial charge in [0, 0.05) is 0 Å². The molecule has 0 aliphatic heterocycles. The van der Waals surface area contributed by atoms with Crippen LogP contribution >= 0.6 is 0 Å². The molecule has 2 aromatic carbocycles. The van der Waals surface area contributed by atoms with Crippen molar-refractivity contribution in [3.8, 4) is 0 Å². The van der Waals surface area contributed by atoms with Crippen LogP contribution in [0.1, 0.15) is 18.1 Å². The number of aryl methyl sites for hydroxylation is 1. The first kappa shape index (κ1) is 15.6. The van der Waals surface area contributed by atoms with Gasteiger partial charge in [-0.1, -0.05) is 0 Å². The SMILES string of the molecule is CCOC(=O)/C(=C\c1ccc(C)cc1)[Se]c1ccccc1. The molecule has 0 aromatic heterocycles. The summed E-state index contributed by atoms with van der Waals surface area (Å²) in [6.45, 7) is 4.28. The van der Waals surface area contributed by atoms with E-state index in [1.165, 1.54) is 5.56 Å². The van der Waals surface area contributed by atoms with Crippen molar-refractivity contribution in [3.63, 3.8) is 0 Å².